The quantitative estimate of drug-likeness (QED) is 0.770. The number of hydrogen-bond donors (Lipinski definition) is 3. The van der Waals surface area contributed by atoms with E-state index in [1.807, 2.05) is 0 Å². The molecule has 2 amide bonds. The Morgan fingerprint density at radius 2 is 2.10 bits per heavy atom. The average molecular weight is 307 g/mol. The molecule has 1 aromatic rings. The van der Waals surface area contributed by atoms with Gasteiger partial charge in [-0.25, -0.2) is 0 Å². The maximum absolute atomic E-state index is 12.0. The van der Waals surface area contributed by atoms with Crippen molar-refractivity contribution in [2.45, 2.75) is 18.1 Å². The van der Waals surface area contributed by atoms with Crippen LogP contribution in [0.5, 0.6) is 0 Å². The third kappa shape index (κ3) is 5.06. The number of anilines is 1. The van der Waals surface area contributed by atoms with Crippen molar-refractivity contribution in [2.75, 3.05) is 31.2 Å². The third-order valence-electron chi connectivity index (χ3n) is 3.37. The van der Waals surface area contributed by atoms with Crippen molar-refractivity contribution in [2.24, 2.45) is 0 Å². The number of piperidine rings is 1. The predicted octanol–water partition coefficient (Wildman–Crippen LogP) is 1.47. The lowest BCUT2D eigenvalue weighted by molar-refractivity contribution is -0.113. The van der Waals surface area contributed by atoms with Crippen molar-refractivity contribution in [1.29, 1.82) is 0 Å². The Labute approximate surface area is 129 Å². The Bertz CT molecular complexity index is 501. The van der Waals surface area contributed by atoms with E-state index < -0.39 is 0 Å². The first kappa shape index (κ1) is 15.9. The van der Waals surface area contributed by atoms with E-state index in [1.165, 1.54) is 0 Å². The molecule has 0 atom stereocenters. The molecule has 0 bridgehead atoms. The summed E-state index contributed by atoms with van der Waals surface area (Å²) in [4.78, 5) is 23.5. The molecule has 0 aliphatic carbocycles. The van der Waals surface area contributed by atoms with Gasteiger partial charge in [-0.3, -0.25) is 9.59 Å². The van der Waals surface area contributed by atoms with Crippen LogP contribution in [0.25, 0.3) is 0 Å². The smallest absolute Gasteiger partial charge is 0.251 e. The van der Waals surface area contributed by atoms with Gasteiger partial charge >= 0.3 is 0 Å². The molecule has 1 aliphatic heterocycles. The summed E-state index contributed by atoms with van der Waals surface area (Å²) in [6.07, 6.45) is 2.23. The fraction of sp³-hybridized carbons (Fsp3) is 0.467. The zero-order chi connectivity index (χ0) is 15.1. The van der Waals surface area contributed by atoms with Crippen molar-refractivity contribution in [1.82, 2.24) is 10.6 Å². The van der Waals surface area contributed by atoms with Gasteiger partial charge in [0.05, 0.1) is 5.75 Å². The lowest BCUT2D eigenvalue weighted by atomic mass is 10.2. The molecule has 1 heterocycles. The van der Waals surface area contributed by atoms with E-state index in [0.717, 1.165) is 25.9 Å². The van der Waals surface area contributed by atoms with E-state index in [9.17, 15) is 9.59 Å². The van der Waals surface area contributed by atoms with Gasteiger partial charge in [0, 0.05) is 23.5 Å². The standard InChI is InChI=1S/C15H21N3O2S/c1-16-15(20)11-3-2-4-12(9-11)18-14(19)10-21-13-5-7-17-8-6-13/h2-4,9,13,17H,5-8,10H2,1H3,(H,16,20)(H,18,19). The third-order valence-corrected chi connectivity index (χ3v) is 4.74. The normalized spacial score (nSPS) is 15.5. The number of amides is 2. The second-order valence-corrected chi connectivity index (χ2v) is 6.26. The van der Waals surface area contributed by atoms with E-state index in [4.69, 9.17) is 0 Å². The minimum atomic E-state index is -0.157. The molecule has 0 saturated carbocycles. The maximum Gasteiger partial charge on any atom is 0.251 e. The number of benzene rings is 1. The van der Waals surface area contributed by atoms with E-state index in [-0.39, 0.29) is 11.8 Å². The molecule has 2 rings (SSSR count). The molecule has 21 heavy (non-hydrogen) atoms. The van der Waals surface area contributed by atoms with Crippen LogP contribution in [0.2, 0.25) is 0 Å². The van der Waals surface area contributed by atoms with E-state index in [0.29, 0.717) is 22.3 Å². The molecule has 3 N–H and O–H groups in total. The monoisotopic (exact) mass is 307 g/mol. The first-order chi connectivity index (χ1) is 10.2. The highest BCUT2D eigenvalue weighted by Crippen LogP contribution is 2.20. The first-order valence-electron chi connectivity index (χ1n) is 7.13. The number of carbonyl (C=O) groups is 2. The summed E-state index contributed by atoms with van der Waals surface area (Å²) in [5.41, 5.74) is 1.20. The minimum absolute atomic E-state index is 0.0208. The van der Waals surface area contributed by atoms with Crippen LogP contribution in [0.4, 0.5) is 5.69 Å². The maximum atomic E-state index is 12.0. The number of hydrogen-bond acceptors (Lipinski definition) is 4. The second-order valence-electron chi connectivity index (χ2n) is 4.97. The molecule has 5 nitrogen and oxygen atoms in total. The molecule has 0 aromatic heterocycles. The largest absolute Gasteiger partial charge is 0.355 e. The van der Waals surface area contributed by atoms with Gasteiger partial charge in [-0.15, -0.1) is 11.8 Å². The van der Waals surface area contributed by atoms with Gasteiger partial charge in [-0.2, -0.15) is 0 Å². The molecule has 1 saturated heterocycles. The Morgan fingerprint density at radius 1 is 1.33 bits per heavy atom. The molecule has 1 aliphatic rings. The number of nitrogens with one attached hydrogen (secondary N) is 3. The SMILES string of the molecule is CNC(=O)c1cccc(NC(=O)CSC2CCNCC2)c1. The van der Waals surface area contributed by atoms with Gasteiger partial charge in [0.1, 0.15) is 0 Å². The molecule has 6 heteroatoms. The van der Waals surface area contributed by atoms with Crippen LogP contribution < -0.4 is 16.0 Å². The predicted molar refractivity (Wildman–Crippen MR) is 86.8 cm³/mol. The number of thioether (sulfide) groups is 1. The van der Waals surface area contributed by atoms with Gasteiger partial charge in [-0.05, 0) is 44.1 Å². The molecule has 1 fully saturated rings. The number of rotatable bonds is 5. The van der Waals surface area contributed by atoms with Gasteiger partial charge < -0.3 is 16.0 Å². The molecular formula is C15H21N3O2S. The molecule has 0 spiro atoms. The molecule has 114 valence electrons. The second kappa shape index (κ2) is 8.05. The minimum Gasteiger partial charge on any atom is -0.355 e. The Hall–Kier alpha value is -1.53. The van der Waals surface area contributed by atoms with Crippen molar-refractivity contribution in [3.05, 3.63) is 29.8 Å². The summed E-state index contributed by atoms with van der Waals surface area (Å²) in [6, 6.07) is 6.96. The van der Waals surface area contributed by atoms with Gasteiger partial charge in [0.2, 0.25) is 5.91 Å². The highest BCUT2D eigenvalue weighted by atomic mass is 32.2. The van der Waals surface area contributed by atoms with Crippen molar-refractivity contribution in [3.63, 3.8) is 0 Å². The average Bonchev–Trinajstić information content (AvgIpc) is 2.53. The van der Waals surface area contributed by atoms with Crippen LogP contribution in [-0.4, -0.2) is 43.0 Å². The Kier molecular flexibility index (Phi) is 6.07. The summed E-state index contributed by atoms with van der Waals surface area (Å²) in [5, 5.41) is 9.29. The van der Waals surface area contributed by atoms with Crippen molar-refractivity contribution >= 4 is 29.3 Å². The summed E-state index contributed by atoms with van der Waals surface area (Å²) >= 11 is 1.71. The highest BCUT2D eigenvalue weighted by molar-refractivity contribution is 8.00. The fourth-order valence-electron chi connectivity index (χ4n) is 2.24. The number of carbonyl (C=O) groups excluding carboxylic acids is 2. The van der Waals surface area contributed by atoms with Gasteiger partial charge in [-0.1, -0.05) is 6.07 Å². The van der Waals surface area contributed by atoms with Crippen molar-refractivity contribution < 1.29 is 9.59 Å². The zero-order valence-electron chi connectivity index (χ0n) is 12.1. The summed E-state index contributed by atoms with van der Waals surface area (Å²) in [5.74, 6) is 0.275. The van der Waals surface area contributed by atoms with Crippen LogP contribution in [0, 0.1) is 0 Å². The van der Waals surface area contributed by atoms with E-state index >= 15 is 0 Å². The van der Waals surface area contributed by atoms with Crippen LogP contribution in [0.1, 0.15) is 23.2 Å². The molecule has 0 unspecified atom stereocenters. The van der Waals surface area contributed by atoms with Crippen LogP contribution >= 0.6 is 11.8 Å². The lowest BCUT2D eigenvalue weighted by Crippen LogP contribution is -2.30. The van der Waals surface area contributed by atoms with Crippen LogP contribution in [0.15, 0.2) is 24.3 Å². The Balaban J connectivity index is 1.83. The topological polar surface area (TPSA) is 70.2 Å². The summed E-state index contributed by atoms with van der Waals surface area (Å²) in [7, 11) is 1.59. The van der Waals surface area contributed by atoms with Gasteiger partial charge in [0.25, 0.3) is 5.91 Å². The summed E-state index contributed by atoms with van der Waals surface area (Å²) in [6.45, 7) is 2.07. The highest BCUT2D eigenvalue weighted by Gasteiger charge is 2.15. The molecule has 1 aromatic carbocycles. The molecular weight excluding hydrogens is 286 g/mol. The molecule has 0 radical (unpaired) electrons. The van der Waals surface area contributed by atoms with Gasteiger partial charge in [0.15, 0.2) is 0 Å². The van der Waals surface area contributed by atoms with Crippen LogP contribution in [-0.2, 0) is 4.79 Å². The Morgan fingerprint density at radius 3 is 2.81 bits per heavy atom. The lowest BCUT2D eigenvalue weighted by Gasteiger charge is -2.21. The van der Waals surface area contributed by atoms with Crippen molar-refractivity contribution in [3.8, 4) is 0 Å². The summed E-state index contributed by atoms with van der Waals surface area (Å²) < 4.78 is 0. The first-order valence-corrected chi connectivity index (χ1v) is 8.18. The zero-order valence-corrected chi connectivity index (χ0v) is 13.0. The van der Waals surface area contributed by atoms with E-state index in [2.05, 4.69) is 16.0 Å². The van der Waals surface area contributed by atoms with E-state index in [1.54, 1.807) is 43.1 Å². The van der Waals surface area contributed by atoms with Crippen LogP contribution in [0.3, 0.4) is 0 Å². The fourth-order valence-corrected chi connectivity index (χ4v) is 3.26.